The molecule has 2 heterocycles. The molecule has 0 amide bonds. The average Bonchev–Trinajstić information content (AvgIpc) is 2.87. The summed E-state index contributed by atoms with van der Waals surface area (Å²) in [5.41, 5.74) is 15.8. The molecule has 0 saturated carbocycles. The van der Waals surface area contributed by atoms with Crippen LogP contribution in [0.1, 0.15) is 47.3 Å². The van der Waals surface area contributed by atoms with Crippen LogP contribution >= 0.6 is 15.9 Å². The van der Waals surface area contributed by atoms with Crippen molar-refractivity contribution >= 4 is 21.7 Å². The second-order valence-electron chi connectivity index (χ2n) is 6.77. The van der Waals surface area contributed by atoms with Gasteiger partial charge in [-0.2, -0.15) is 5.26 Å². The Morgan fingerprint density at radius 2 is 1.88 bits per heavy atom. The molecule has 1 aliphatic heterocycles. The number of nitrogens with two attached hydrogens (primary N) is 2. The van der Waals surface area contributed by atoms with Crippen LogP contribution in [0.5, 0.6) is 0 Å². The number of nitrogen functional groups attached to an aromatic ring is 1. The van der Waals surface area contributed by atoms with Crippen LogP contribution < -0.4 is 16.8 Å². The fourth-order valence-corrected chi connectivity index (χ4v) is 4.76. The largest absolute Gasteiger partial charge is 0.381 e. The van der Waals surface area contributed by atoms with E-state index in [0.717, 1.165) is 37.1 Å². The Hall–Kier alpha value is -2.01. The van der Waals surface area contributed by atoms with Crippen molar-refractivity contribution in [1.82, 2.24) is 15.3 Å². The van der Waals surface area contributed by atoms with Crippen LogP contribution in [-0.4, -0.2) is 23.1 Å². The van der Waals surface area contributed by atoms with E-state index in [1.807, 2.05) is 12.1 Å². The van der Waals surface area contributed by atoms with Crippen molar-refractivity contribution in [3.05, 3.63) is 51.4 Å². The van der Waals surface area contributed by atoms with Crippen molar-refractivity contribution < 1.29 is 0 Å². The highest BCUT2D eigenvalue weighted by molar-refractivity contribution is 9.10. The molecule has 7 heteroatoms. The molecule has 1 saturated heterocycles. The number of hydrogen-bond acceptors (Lipinski definition) is 6. The Kier molecular flexibility index (Phi) is 3.99. The van der Waals surface area contributed by atoms with Gasteiger partial charge >= 0.3 is 0 Å². The van der Waals surface area contributed by atoms with E-state index in [0.29, 0.717) is 21.8 Å². The van der Waals surface area contributed by atoms with Crippen LogP contribution in [0.3, 0.4) is 0 Å². The minimum Gasteiger partial charge on any atom is -0.381 e. The van der Waals surface area contributed by atoms with Crippen molar-refractivity contribution in [2.45, 2.75) is 24.8 Å². The summed E-state index contributed by atoms with van der Waals surface area (Å²) in [6.07, 6.45) is 1.85. The van der Waals surface area contributed by atoms with Crippen molar-refractivity contribution in [1.29, 1.82) is 5.26 Å². The first-order chi connectivity index (χ1) is 12.1. The summed E-state index contributed by atoms with van der Waals surface area (Å²) in [4.78, 5) is 8.90. The van der Waals surface area contributed by atoms with Crippen LogP contribution in [0.4, 0.5) is 5.82 Å². The van der Waals surface area contributed by atoms with Gasteiger partial charge in [0.2, 0.25) is 0 Å². The number of nitrogens with zero attached hydrogens (tertiary/aromatic N) is 3. The quantitative estimate of drug-likeness (QED) is 0.678. The predicted molar refractivity (Wildman–Crippen MR) is 98.6 cm³/mol. The zero-order valence-electron chi connectivity index (χ0n) is 13.7. The zero-order valence-corrected chi connectivity index (χ0v) is 15.3. The van der Waals surface area contributed by atoms with Crippen LogP contribution in [0, 0.1) is 16.7 Å². The Morgan fingerprint density at radius 1 is 1.20 bits per heavy atom. The van der Waals surface area contributed by atoms with E-state index in [4.69, 9.17) is 11.5 Å². The average molecular weight is 399 g/mol. The summed E-state index contributed by atoms with van der Waals surface area (Å²) in [7, 11) is 0. The SMILES string of the molecule is N#Cc1nc(Br)c(N)nc1C1c2ccccc2[C@@H](N)C12CCNCC2. The molecule has 4 rings (SSSR count). The first-order valence-corrected chi connectivity index (χ1v) is 9.16. The van der Waals surface area contributed by atoms with Gasteiger partial charge in [0.25, 0.3) is 0 Å². The highest BCUT2D eigenvalue weighted by Gasteiger charge is 2.53. The molecular formula is C18H19BrN6. The van der Waals surface area contributed by atoms with Gasteiger partial charge < -0.3 is 16.8 Å². The number of hydrogen-bond donors (Lipinski definition) is 3. The number of aromatic nitrogens is 2. The van der Waals surface area contributed by atoms with Gasteiger partial charge in [0.15, 0.2) is 11.5 Å². The molecule has 1 spiro atoms. The molecule has 1 aliphatic carbocycles. The van der Waals surface area contributed by atoms with Crippen molar-refractivity contribution in [2.24, 2.45) is 11.1 Å². The van der Waals surface area contributed by atoms with E-state index in [1.54, 1.807) is 0 Å². The summed E-state index contributed by atoms with van der Waals surface area (Å²) in [6.45, 7) is 1.80. The number of nitrogens with one attached hydrogen (secondary N) is 1. The Balaban J connectivity index is 1.98. The van der Waals surface area contributed by atoms with Crippen LogP contribution in [0.15, 0.2) is 28.9 Å². The van der Waals surface area contributed by atoms with Crippen molar-refractivity contribution in [3.63, 3.8) is 0 Å². The minimum absolute atomic E-state index is 0.0710. The van der Waals surface area contributed by atoms with Crippen LogP contribution in [0.25, 0.3) is 0 Å². The minimum atomic E-state index is -0.171. The topological polar surface area (TPSA) is 114 Å². The van der Waals surface area contributed by atoms with E-state index in [9.17, 15) is 5.26 Å². The summed E-state index contributed by atoms with van der Waals surface area (Å²) >= 11 is 3.28. The maximum absolute atomic E-state index is 9.64. The number of halogens is 1. The fraction of sp³-hybridized carbons (Fsp3) is 0.389. The third-order valence-corrected chi connectivity index (χ3v) is 6.24. The van der Waals surface area contributed by atoms with E-state index < -0.39 is 0 Å². The first-order valence-electron chi connectivity index (χ1n) is 8.36. The molecule has 2 atom stereocenters. The molecular weight excluding hydrogens is 380 g/mol. The summed E-state index contributed by atoms with van der Waals surface area (Å²) in [5.74, 6) is 0.231. The third-order valence-electron chi connectivity index (χ3n) is 5.66. The molecule has 0 radical (unpaired) electrons. The first kappa shape index (κ1) is 16.5. The maximum atomic E-state index is 9.64. The van der Waals surface area contributed by atoms with Gasteiger partial charge in [0.05, 0.1) is 5.69 Å². The maximum Gasteiger partial charge on any atom is 0.164 e. The molecule has 25 heavy (non-hydrogen) atoms. The number of anilines is 1. The molecule has 0 bridgehead atoms. The van der Waals surface area contributed by atoms with Crippen LogP contribution in [0.2, 0.25) is 0 Å². The van der Waals surface area contributed by atoms with Gasteiger partial charge in [-0.25, -0.2) is 9.97 Å². The van der Waals surface area contributed by atoms with Gasteiger partial charge in [-0.05, 0) is 53.0 Å². The molecule has 1 aromatic heterocycles. The zero-order chi connectivity index (χ0) is 17.6. The Morgan fingerprint density at radius 3 is 2.56 bits per heavy atom. The number of benzene rings is 1. The molecule has 5 N–H and O–H groups in total. The van der Waals surface area contributed by atoms with Gasteiger partial charge in [0, 0.05) is 17.4 Å². The summed E-state index contributed by atoms with van der Waals surface area (Å²) in [5, 5.41) is 13.1. The van der Waals surface area contributed by atoms with E-state index in [-0.39, 0.29) is 17.4 Å². The van der Waals surface area contributed by atoms with Gasteiger partial charge in [0.1, 0.15) is 10.7 Å². The van der Waals surface area contributed by atoms with Crippen molar-refractivity contribution in [3.8, 4) is 6.07 Å². The van der Waals surface area contributed by atoms with E-state index in [2.05, 4.69) is 49.4 Å². The second-order valence-corrected chi connectivity index (χ2v) is 7.52. The molecule has 2 aliphatic rings. The molecule has 1 aromatic carbocycles. The Bertz CT molecular complexity index is 868. The highest BCUT2D eigenvalue weighted by atomic mass is 79.9. The number of rotatable bonds is 1. The van der Waals surface area contributed by atoms with Crippen molar-refractivity contribution in [2.75, 3.05) is 18.8 Å². The molecule has 1 fully saturated rings. The van der Waals surface area contributed by atoms with Crippen LogP contribution in [-0.2, 0) is 0 Å². The standard InChI is InChI=1S/C18H19BrN6/c19-16-17(22)25-14(12(9-20)24-16)13-10-3-1-2-4-11(10)15(21)18(13)5-7-23-8-6-18/h1-4,13,15,23H,5-8,21H2,(H2,22,25)/t13?,15-/m1/s1. The van der Waals surface area contributed by atoms with E-state index in [1.165, 1.54) is 0 Å². The number of piperidine rings is 1. The van der Waals surface area contributed by atoms with Gasteiger partial charge in [-0.1, -0.05) is 24.3 Å². The molecule has 2 aromatic rings. The van der Waals surface area contributed by atoms with Gasteiger partial charge in [-0.15, -0.1) is 0 Å². The number of nitriles is 1. The predicted octanol–water partition coefficient (Wildman–Crippen LogP) is 2.21. The molecule has 128 valence electrons. The Labute approximate surface area is 154 Å². The lowest BCUT2D eigenvalue weighted by molar-refractivity contribution is 0.149. The summed E-state index contributed by atoms with van der Waals surface area (Å²) in [6, 6.07) is 10.3. The highest BCUT2D eigenvalue weighted by Crippen LogP contribution is 2.60. The third kappa shape index (κ3) is 2.36. The molecule has 6 nitrogen and oxygen atoms in total. The second kappa shape index (κ2) is 6.06. The monoisotopic (exact) mass is 398 g/mol. The van der Waals surface area contributed by atoms with Gasteiger partial charge in [-0.3, -0.25) is 0 Å². The molecule has 1 unspecified atom stereocenters. The summed E-state index contributed by atoms with van der Waals surface area (Å²) < 4.78 is 0.405. The fourth-order valence-electron chi connectivity index (χ4n) is 4.49. The smallest absolute Gasteiger partial charge is 0.164 e. The lowest BCUT2D eigenvalue weighted by Gasteiger charge is -2.42. The normalized spacial score (nSPS) is 24.0. The number of fused-ring (bicyclic) bond motifs is 1. The lowest BCUT2D eigenvalue weighted by atomic mass is 9.66. The van der Waals surface area contributed by atoms with E-state index >= 15 is 0 Å². The lowest BCUT2D eigenvalue weighted by Crippen LogP contribution is -2.44.